The second-order valence-corrected chi connectivity index (χ2v) is 4.36. The number of hydrogen-bond donors (Lipinski definition) is 1. The number of para-hydroxylation sites is 1. The van der Waals surface area contributed by atoms with Gasteiger partial charge in [-0.05, 0) is 24.5 Å². The summed E-state index contributed by atoms with van der Waals surface area (Å²) in [6.07, 6.45) is 3.37. The summed E-state index contributed by atoms with van der Waals surface area (Å²) in [6, 6.07) is 5.89. The highest BCUT2D eigenvalue weighted by Gasteiger charge is 2.20. The van der Waals surface area contributed by atoms with Crippen molar-refractivity contribution in [3.8, 4) is 22.8 Å². The molecule has 0 unspecified atom stereocenters. The van der Waals surface area contributed by atoms with E-state index in [4.69, 9.17) is 9.47 Å². The number of benzene rings is 1. The van der Waals surface area contributed by atoms with Gasteiger partial charge in [0.2, 0.25) is 5.75 Å². The molecule has 0 fully saturated rings. The van der Waals surface area contributed by atoms with Crippen LogP contribution in [-0.4, -0.2) is 23.7 Å². The van der Waals surface area contributed by atoms with Crippen molar-refractivity contribution in [1.82, 2.24) is 9.97 Å². The molecule has 1 aromatic carbocycles. The van der Waals surface area contributed by atoms with Crippen LogP contribution in [0.15, 0.2) is 29.3 Å². The Kier molecular flexibility index (Phi) is 2.95. The van der Waals surface area contributed by atoms with Crippen LogP contribution < -0.4 is 15.0 Å². The zero-order valence-electron chi connectivity index (χ0n) is 10.6. The fourth-order valence-corrected chi connectivity index (χ4v) is 2.34. The predicted octanol–water partition coefficient (Wildman–Crippen LogP) is 1.77. The molecule has 98 valence electrons. The van der Waals surface area contributed by atoms with Gasteiger partial charge in [0, 0.05) is 5.56 Å². The maximum atomic E-state index is 11.8. The van der Waals surface area contributed by atoms with Crippen LogP contribution in [-0.2, 0) is 6.42 Å². The Hall–Kier alpha value is -2.30. The average molecular weight is 258 g/mol. The van der Waals surface area contributed by atoms with Gasteiger partial charge in [0.25, 0.3) is 5.56 Å². The summed E-state index contributed by atoms with van der Waals surface area (Å²) < 4.78 is 10.9. The van der Waals surface area contributed by atoms with E-state index in [1.165, 1.54) is 13.4 Å². The maximum Gasteiger partial charge on any atom is 0.293 e. The van der Waals surface area contributed by atoms with Gasteiger partial charge in [0.15, 0.2) is 0 Å². The SMILES string of the molecule is COc1c(-c2cccc3c2OCCC3)nc[nH]c1=O. The molecule has 1 aromatic heterocycles. The minimum Gasteiger partial charge on any atom is -0.493 e. The molecule has 0 bridgehead atoms. The van der Waals surface area contributed by atoms with E-state index in [9.17, 15) is 4.79 Å². The fraction of sp³-hybridized carbons (Fsp3) is 0.286. The highest BCUT2D eigenvalue weighted by molar-refractivity contribution is 5.73. The summed E-state index contributed by atoms with van der Waals surface area (Å²) in [5.74, 6) is 1.02. The van der Waals surface area contributed by atoms with E-state index >= 15 is 0 Å². The second-order valence-electron chi connectivity index (χ2n) is 4.36. The van der Waals surface area contributed by atoms with Crippen LogP contribution in [0.5, 0.6) is 11.5 Å². The van der Waals surface area contributed by atoms with Crippen LogP contribution in [0.4, 0.5) is 0 Å². The van der Waals surface area contributed by atoms with E-state index in [1.807, 2.05) is 18.2 Å². The minimum atomic E-state index is -0.291. The Morgan fingerprint density at radius 2 is 2.32 bits per heavy atom. The van der Waals surface area contributed by atoms with Gasteiger partial charge in [-0.15, -0.1) is 0 Å². The third-order valence-electron chi connectivity index (χ3n) is 3.20. The topological polar surface area (TPSA) is 64.2 Å². The molecule has 19 heavy (non-hydrogen) atoms. The van der Waals surface area contributed by atoms with Crippen molar-refractivity contribution in [1.29, 1.82) is 0 Å². The van der Waals surface area contributed by atoms with Crippen LogP contribution in [0.1, 0.15) is 12.0 Å². The molecular formula is C14H14N2O3. The van der Waals surface area contributed by atoms with Gasteiger partial charge in [0.1, 0.15) is 11.4 Å². The van der Waals surface area contributed by atoms with Crippen molar-refractivity contribution in [2.45, 2.75) is 12.8 Å². The number of nitrogens with one attached hydrogen (secondary N) is 1. The number of aromatic nitrogens is 2. The van der Waals surface area contributed by atoms with Crippen molar-refractivity contribution < 1.29 is 9.47 Å². The molecule has 5 heteroatoms. The van der Waals surface area contributed by atoms with Gasteiger partial charge in [-0.2, -0.15) is 0 Å². The summed E-state index contributed by atoms with van der Waals surface area (Å²) in [5, 5.41) is 0. The first-order chi connectivity index (χ1) is 9.31. The van der Waals surface area contributed by atoms with Gasteiger partial charge < -0.3 is 14.5 Å². The highest BCUT2D eigenvalue weighted by Crippen LogP contribution is 2.37. The molecule has 0 amide bonds. The number of aromatic amines is 1. The number of fused-ring (bicyclic) bond motifs is 1. The largest absolute Gasteiger partial charge is 0.493 e. The summed E-state index contributed by atoms with van der Waals surface area (Å²) in [6.45, 7) is 0.690. The lowest BCUT2D eigenvalue weighted by molar-refractivity contribution is 0.289. The molecule has 2 aromatic rings. The van der Waals surface area contributed by atoms with Crippen molar-refractivity contribution in [3.63, 3.8) is 0 Å². The molecule has 2 heterocycles. The predicted molar refractivity (Wildman–Crippen MR) is 70.7 cm³/mol. The summed E-state index contributed by atoms with van der Waals surface area (Å²) in [5.41, 5.74) is 2.18. The standard InChI is InChI=1S/C14H14N2O3/c1-18-13-11(15-8-16-14(13)17)10-6-2-4-9-5-3-7-19-12(9)10/h2,4,6,8H,3,5,7H2,1H3,(H,15,16,17). The molecule has 5 nitrogen and oxygen atoms in total. The van der Waals surface area contributed by atoms with Gasteiger partial charge in [0.05, 0.1) is 20.0 Å². The third kappa shape index (κ3) is 1.97. The summed E-state index contributed by atoms with van der Waals surface area (Å²) in [7, 11) is 1.46. The molecule has 1 aliphatic rings. The Morgan fingerprint density at radius 3 is 3.16 bits per heavy atom. The van der Waals surface area contributed by atoms with Gasteiger partial charge in [-0.1, -0.05) is 12.1 Å². The normalized spacial score (nSPS) is 13.5. The van der Waals surface area contributed by atoms with Crippen LogP contribution in [0, 0.1) is 0 Å². The molecule has 0 saturated heterocycles. The van der Waals surface area contributed by atoms with Gasteiger partial charge in [-0.3, -0.25) is 4.79 Å². The molecule has 1 aliphatic heterocycles. The van der Waals surface area contributed by atoms with Crippen LogP contribution in [0.25, 0.3) is 11.3 Å². The Morgan fingerprint density at radius 1 is 1.42 bits per heavy atom. The van der Waals surface area contributed by atoms with Gasteiger partial charge in [-0.25, -0.2) is 4.98 Å². The zero-order chi connectivity index (χ0) is 13.2. The molecule has 0 radical (unpaired) electrons. The number of H-pyrrole nitrogens is 1. The smallest absolute Gasteiger partial charge is 0.293 e. The van der Waals surface area contributed by atoms with E-state index < -0.39 is 0 Å². The Labute approximate surface area is 110 Å². The average Bonchev–Trinajstić information content (AvgIpc) is 2.46. The Bertz CT molecular complexity index is 664. The van der Waals surface area contributed by atoms with Crippen molar-refractivity contribution in [3.05, 3.63) is 40.4 Å². The van der Waals surface area contributed by atoms with E-state index in [1.54, 1.807) is 0 Å². The zero-order valence-corrected chi connectivity index (χ0v) is 10.6. The first-order valence-electron chi connectivity index (χ1n) is 6.18. The van der Waals surface area contributed by atoms with E-state index in [-0.39, 0.29) is 11.3 Å². The maximum absolute atomic E-state index is 11.8. The van der Waals surface area contributed by atoms with Crippen LogP contribution in [0.2, 0.25) is 0 Å². The minimum absolute atomic E-state index is 0.213. The Balaban J connectivity index is 2.23. The number of ether oxygens (including phenoxy) is 2. The second kappa shape index (κ2) is 4.76. The van der Waals surface area contributed by atoms with Crippen LogP contribution >= 0.6 is 0 Å². The number of rotatable bonds is 2. The summed E-state index contributed by atoms with van der Waals surface area (Å²) in [4.78, 5) is 18.5. The molecule has 0 aliphatic carbocycles. The number of nitrogens with zero attached hydrogens (tertiary/aromatic N) is 1. The molecule has 3 rings (SSSR count). The molecule has 1 N–H and O–H groups in total. The first-order valence-corrected chi connectivity index (χ1v) is 6.18. The van der Waals surface area contributed by atoms with Crippen LogP contribution in [0.3, 0.4) is 0 Å². The molecule has 0 saturated carbocycles. The first kappa shape index (κ1) is 11.8. The summed E-state index contributed by atoms with van der Waals surface area (Å²) >= 11 is 0. The number of hydrogen-bond acceptors (Lipinski definition) is 4. The lowest BCUT2D eigenvalue weighted by atomic mass is 10.0. The number of methoxy groups -OCH3 is 1. The monoisotopic (exact) mass is 258 g/mol. The van der Waals surface area contributed by atoms with E-state index in [2.05, 4.69) is 9.97 Å². The van der Waals surface area contributed by atoms with Gasteiger partial charge >= 0.3 is 0 Å². The number of aryl methyl sites for hydroxylation is 1. The lowest BCUT2D eigenvalue weighted by Crippen LogP contribution is -2.13. The quantitative estimate of drug-likeness (QED) is 0.891. The van der Waals surface area contributed by atoms with Crippen molar-refractivity contribution in [2.75, 3.05) is 13.7 Å². The fourth-order valence-electron chi connectivity index (χ4n) is 2.34. The highest BCUT2D eigenvalue weighted by atomic mass is 16.5. The molecular weight excluding hydrogens is 244 g/mol. The lowest BCUT2D eigenvalue weighted by Gasteiger charge is -2.20. The van der Waals surface area contributed by atoms with Crippen molar-refractivity contribution >= 4 is 0 Å². The van der Waals surface area contributed by atoms with E-state index in [0.717, 1.165) is 29.7 Å². The van der Waals surface area contributed by atoms with Crippen molar-refractivity contribution in [2.24, 2.45) is 0 Å². The van der Waals surface area contributed by atoms with E-state index in [0.29, 0.717) is 12.3 Å². The molecule has 0 atom stereocenters. The third-order valence-corrected chi connectivity index (χ3v) is 3.20. The molecule has 0 spiro atoms.